The number of nitrogens with zero attached hydrogens (tertiary/aromatic N) is 3. The molecule has 7 heteroatoms. The predicted octanol–water partition coefficient (Wildman–Crippen LogP) is 6.55. The van der Waals surface area contributed by atoms with Gasteiger partial charge < -0.3 is 14.6 Å². The van der Waals surface area contributed by atoms with Gasteiger partial charge >= 0.3 is 0 Å². The molecule has 1 N–H and O–H groups in total. The van der Waals surface area contributed by atoms with Crippen LogP contribution in [0.15, 0.2) is 53.7 Å². The van der Waals surface area contributed by atoms with E-state index in [2.05, 4.69) is 55.3 Å². The number of aromatic nitrogens is 3. The van der Waals surface area contributed by atoms with Crippen LogP contribution in [0.25, 0.3) is 0 Å². The molecular weight excluding hydrogens is 432 g/mol. The fourth-order valence-corrected chi connectivity index (χ4v) is 4.49. The third-order valence-electron chi connectivity index (χ3n) is 5.37. The Kier molecular flexibility index (Phi) is 8.19. The molecule has 2 aromatic carbocycles. The second kappa shape index (κ2) is 10.9. The van der Waals surface area contributed by atoms with Gasteiger partial charge in [0.1, 0.15) is 5.75 Å². The van der Waals surface area contributed by atoms with Crippen molar-refractivity contribution in [2.24, 2.45) is 0 Å². The molecule has 6 nitrogen and oxygen atoms in total. The second-order valence-electron chi connectivity index (χ2n) is 8.91. The summed E-state index contributed by atoms with van der Waals surface area (Å²) in [5.41, 5.74) is 3.17. The zero-order valence-electron chi connectivity index (χ0n) is 20.5. The first-order valence-electron chi connectivity index (χ1n) is 11.4. The van der Waals surface area contributed by atoms with E-state index >= 15 is 0 Å². The lowest BCUT2D eigenvalue weighted by molar-refractivity contribution is -0.115. The molecule has 176 valence electrons. The van der Waals surface area contributed by atoms with Gasteiger partial charge in [-0.15, -0.1) is 10.2 Å². The van der Waals surface area contributed by atoms with Crippen molar-refractivity contribution in [3.8, 4) is 5.75 Å². The monoisotopic (exact) mass is 466 g/mol. The molecule has 0 aliphatic heterocycles. The lowest BCUT2D eigenvalue weighted by Gasteiger charge is -2.20. The van der Waals surface area contributed by atoms with E-state index in [-0.39, 0.29) is 23.3 Å². The number of rotatable bonds is 9. The van der Waals surface area contributed by atoms with Gasteiger partial charge in [0.05, 0.1) is 5.25 Å². The number of nitrogens with one attached hydrogen (secondary N) is 1. The van der Waals surface area contributed by atoms with Crippen molar-refractivity contribution in [3.63, 3.8) is 0 Å². The lowest BCUT2D eigenvalue weighted by Crippen LogP contribution is -2.23. The first-order chi connectivity index (χ1) is 15.7. The minimum absolute atomic E-state index is 0.0694. The highest BCUT2D eigenvalue weighted by atomic mass is 32.2. The molecule has 2 unspecified atom stereocenters. The Labute approximate surface area is 201 Å². The van der Waals surface area contributed by atoms with Crippen LogP contribution in [-0.2, 0) is 4.79 Å². The van der Waals surface area contributed by atoms with Crippen molar-refractivity contribution >= 4 is 23.4 Å². The number of anilines is 1. The van der Waals surface area contributed by atoms with Crippen molar-refractivity contribution in [1.82, 2.24) is 14.8 Å². The first-order valence-corrected chi connectivity index (χ1v) is 12.3. The maximum Gasteiger partial charge on any atom is 0.237 e. The Hall–Kier alpha value is -2.80. The molecule has 1 aromatic heterocycles. The highest BCUT2D eigenvalue weighted by Crippen LogP contribution is 2.30. The van der Waals surface area contributed by atoms with E-state index in [0.29, 0.717) is 11.1 Å². The number of carbonyl (C=O) groups excluding carboxylic acids is 1. The number of benzene rings is 2. The highest BCUT2D eigenvalue weighted by molar-refractivity contribution is 8.00. The molecule has 0 spiro atoms. The molecule has 0 saturated carbocycles. The maximum absolute atomic E-state index is 12.8. The van der Waals surface area contributed by atoms with Crippen LogP contribution < -0.4 is 10.1 Å². The molecule has 2 atom stereocenters. The predicted molar refractivity (Wildman–Crippen MR) is 135 cm³/mol. The topological polar surface area (TPSA) is 69.0 Å². The fraction of sp³-hybridized carbons (Fsp3) is 0.423. The molecule has 0 saturated heterocycles. The Bertz CT molecular complexity index is 1080. The van der Waals surface area contributed by atoms with E-state index in [1.807, 2.05) is 61.7 Å². The molecule has 33 heavy (non-hydrogen) atoms. The van der Waals surface area contributed by atoms with Gasteiger partial charge in [0.2, 0.25) is 5.91 Å². The number of aryl methyl sites for hydroxylation is 1. The number of hydrogen-bond donors (Lipinski definition) is 1. The third-order valence-corrected chi connectivity index (χ3v) is 6.42. The standard InChI is InChI=1S/C26H34N4O2S/c1-16(2)21-11-13-23(14-12-21)32-19(6)24-28-29-26(30(24)17(3)4)33-20(7)25(31)27-22-10-8-9-18(5)15-22/h8-17,19-20H,1-7H3,(H,27,31). The van der Waals surface area contributed by atoms with Gasteiger partial charge in [-0.1, -0.05) is 49.9 Å². The number of ether oxygens (including phenoxy) is 1. The van der Waals surface area contributed by atoms with Crippen molar-refractivity contribution < 1.29 is 9.53 Å². The third kappa shape index (κ3) is 6.38. The van der Waals surface area contributed by atoms with Crippen LogP contribution in [0.1, 0.15) is 76.6 Å². The first kappa shape index (κ1) is 24.8. The van der Waals surface area contributed by atoms with Gasteiger partial charge in [0.25, 0.3) is 0 Å². The van der Waals surface area contributed by atoms with Crippen LogP contribution in [0.5, 0.6) is 5.75 Å². The van der Waals surface area contributed by atoms with Gasteiger partial charge in [0.15, 0.2) is 17.1 Å². The van der Waals surface area contributed by atoms with Gasteiger partial charge in [-0.05, 0) is 75.9 Å². The Balaban J connectivity index is 1.72. The highest BCUT2D eigenvalue weighted by Gasteiger charge is 2.25. The van der Waals surface area contributed by atoms with Crippen molar-refractivity contribution in [1.29, 1.82) is 0 Å². The largest absolute Gasteiger partial charge is 0.483 e. The van der Waals surface area contributed by atoms with Crippen molar-refractivity contribution in [2.75, 3.05) is 5.32 Å². The summed E-state index contributed by atoms with van der Waals surface area (Å²) in [5, 5.41) is 12.2. The quantitative estimate of drug-likeness (QED) is 0.362. The average molecular weight is 467 g/mol. The minimum atomic E-state index is -0.333. The van der Waals surface area contributed by atoms with Crippen LogP contribution in [-0.4, -0.2) is 25.9 Å². The summed E-state index contributed by atoms with van der Waals surface area (Å²) in [5.74, 6) is 1.95. The molecular formula is C26H34N4O2S. The summed E-state index contributed by atoms with van der Waals surface area (Å²) in [6.07, 6.45) is -0.282. The number of thioether (sulfide) groups is 1. The number of amides is 1. The van der Waals surface area contributed by atoms with Crippen molar-refractivity contribution in [2.45, 2.75) is 76.9 Å². The van der Waals surface area contributed by atoms with Crippen LogP contribution in [0.2, 0.25) is 0 Å². The van der Waals surface area contributed by atoms with Crippen LogP contribution in [0.3, 0.4) is 0 Å². The lowest BCUT2D eigenvalue weighted by atomic mass is 10.0. The number of carbonyl (C=O) groups is 1. The van der Waals surface area contributed by atoms with E-state index in [9.17, 15) is 4.79 Å². The molecule has 3 rings (SSSR count). The Morgan fingerprint density at radius 3 is 2.30 bits per heavy atom. The minimum Gasteiger partial charge on any atom is -0.483 e. The zero-order valence-corrected chi connectivity index (χ0v) is 21.3. The summed E-state index contributed by atoms with van der Waals surface area (Å²) < 4.78 is 8.22. The molecule has 0 radical (unpaired) electrons. The number of hydrogen-bond acceptors (Lipinski definition) is 5. The van der Waals surface area contributed by atoms with E-state index in [1.54, 1.807) is 0 Å². The van der Waals surface area contributed by atoms with Crippen LogP contribution in [0, 0.1) is 6.92 Å². The average Bonchev–Trinajstić information content (AvgIpc) is 3.18. The van der Waals surface area contributed by atoms with Gasteiger partial charge in [0, 0.05) is 11.7 Å². The van der Waals surface area contributed by atoms with Gasteiger partial charge in [-0.2, -0.15) is 0 Å². The Morgan fingerprint density at radius 2 is 1.70 bits per heavy atom. The fourth-order valence-electron chi connectivity index (χ4n) is 3.50. The van der Waals surface area contributed by atoms with Crippen molar-refractivity contribution in [3.05, 3.63) is 65.5 Å². The Morgan fingerprint density at radius 1 is 1.00 bits per heavy atom. The zero-order chi connectivity index (χ0) is 24.1. The molecule has 1 heterocycles. The molecule has 1 amide bonds. The summed E-state index contributed by atoms with van der Waals surface area (Å²) in [7, 11) is 0. The van der Waals surface area contributed by atoms with E-state index < -0.39 is 0 Å². The second-order valence-corrected chi connectivity index (χ2v) is 10.2. The van der Waals surface area contributed by atoms with Crippen LogP contribution >= 0.6 is 11.8 Å². The van der Waals surface area contributed by atoms with E-state index in [0.717, 1.165) is 22.8 Å². The SMILES string of the molecule is Cc1cccc(NC(=O)C(C)Sc2nnc(C(C)Oc3ccc(C(C)C)cc3)n2C(C)C)c1. The van der Waals surface area contributed by atoms with Crippen LogP contribution in [0.4, 0.5) is 5.69 Å². The van der Waals surface area contributed by atoms with E-state index in [1.165, 1.54) is 17.3 Å². The molecule has 0 bridgehead atoms. The summed E-state index contributed by atoms with van der Waals surface area (Å²) in [6.45, 7) is 14.4. The summed E-state index contributed by atoms with van der Waals surface area (Å²) in [6, 6.07) is 16.1. The van der Waals surface area contributed by atoms with Gasteiger partial charge in [-0.25, -0.2) is 0 Å². The smallest absolute Gasteiger partial charge is 0.237 e. The molecule has 0 aliphatic carbocycles. The summed E-state index contributed by atoms with van der Waals surface area (Å²) in [4.78, 5) is 12.8. The summed E-state index contributed by atoms with van der Waals surface area (Å²) >= 11 is 1.40. The molecule has 0 aliphatic rings. The van der Waals surface area contributed by atoms with Gasteiger partial charge in [-0.3, -0.25) is 4.79 Å². The molecule has 3 aromatic rings. The maximum atomic E-state index is 12.8. The normalized spacial score (nSPS) is 13.2. The molecule has 0 fully saturated rings. The van der Waals surface area contributed by atoms with E-state index in [4.69, 9.17) is 4.74 Å².